The van der Waals surface area contributed by atoms with Crippen LogP contribution in [0.2, 0.25) is 0 Å². The lowest BCUT2D eigenvalue weighted by Crippen LogP contribution is -2.50. The van der Waals surface area contributed by atoms with E-state index in [4.69, 9.17) is 14.2 Å². The molecule has 1 N–H and O–H groups in total. The molecule has 0 radical (unpaired) electrons. The van der Waals surface area contributed by atoms with Crippen molar-refractivity contribution in [2.24, 2.45) is 0 Å². The van der Waals surface area contributed by atoms with E-state index in [1.54, 1.807) is 39.3 Å². The number of benzene rings is 2. The maximum absolute atomic E-state index is 13.1. The zero-order chi connectivity index (χ0) is 22.8. The minimum absolute atomic E-state index is 0.0316. The monoisotopic (exact) mass is 428 g/mol. The summed E-state index contributed by atoms with van der Waals surface area (Å²) in [5.74, 6) is 1.08. The number of nitrogens with zero attached hydrogens (tertiary/aromatic N) is 1. The van der Waals surface area contributed by atoms with Crippen molar-refractivity contribution in [3.05, 3.63) is 54.1 Å². The Hall–Kier alpha value is -3.22. The van der Waals surface area contributed by atoms with Gasteiger partial charge >= 0.3 is 0 Å². The zero-order valence-electron chi connectivity index (χ0n) is 18.9. The van der Waals surface area contributed by atoms with Gasteiger partial charge in [0.1, 0.15) is 23.3 Å². The number of rotatable bonds is 11. The normalized spacial score (nSPS) is 12.4. The second-order valence-corrected chi connectivity index (χ2v) is 7.34. The summed E-state index contributed by atoms with van der Waals surface area (Å²) < 4.78 is 16.2. The van der Waals surface area contributed by atoms with Gasteiger partial charge in [-0.2, -0.15) is 0 Å². The van der Waals surface area contributed by atoms with Crippen LogP contribution in [0, 0.1) is 0 Å². The molecule has 0 saturated carbocycles. The van der Waals surface area contributed by atoms with E-state index >= 15 is 0 Å². The van der Waals surface area contributed by atoms with Crippen molar-refractivity contribution in [1.82, 2.24) is 10.2 Å². The van der Waals surface area contributed by atoms with Gasteiger partial charge in [0.2, 0.25) is 5.91 Å². The summed E-state index contributed by atoms with van der Waals surface area (Å²) in [4.78, 5) is 27.3. The number of nitrogens with one attached hydrogen (secondary N) is 1. The molecule has 2 aromatic rings. The highest BCUT2D eigenvalue weighted by atomic mass is 16.5. The molecule has 0 unspecified atom stereocenters. The van der Waals surface area contributed by atoms with Crippen molar-refractivity contribution in [3.63, 3.8) is 0 Å². The van der Waals surface area contributed by atoms with Gasteiger partial charge in [0, 0.05) is 30.8 Å². The molecule has 0 aromatic heterocycles. The lowest BCUT2D eigenvalue weighted by molar-refractivity contribution is -0.142. The predicted molar refractivity (Wildman–Crippen MR) is 119 cm³/mol. The molecule has 0 fully saturated rings. The fourth-order valence-electron chi connectivity index (χ4n) is 2.92. The van der Waals surface area contributed by atoms with E-state index in [2.05, 4.69) is 5.32 Å². The molecule has 31 heavy (non-hydrogen) atoms. The highest BCUT2D eigenvalue weighted by Gasteiger charge is 2.27. The summed E-state index contributed by atoms with van der Waals surface area (Å²) in [5, 5.41) is 2.95. The molecular formula is C24H32N2O5. The molecule has 2 aromatic carbocycles. The molecule has 0 bridgehead atoms. The van der Waals surface area contributed by atoms with E-state index in [-0.39, 0.29) is 24.5 Å². The molecule has 0 spiro atoms. The van der Waals surface area contributed by atoms with E-state index in [0.717, 1.165) is 12.0 Å². The minimum Gasteiger partial charge on any atom is -0.496 e. The maximum Gasteiger partial charge on any atom is 0.261 e. The Morgan fingerprint density at radius 1 is 0.968 bits per heavy atom. The van der Waals surface area contributed by atoms with Gasteiger partial charge in [-0.3, -0.25) is 9.59 Å². The quantitative estimate of drug-likeness (QED) is 0.594. The van der Waals surface area contributed by atoms with Gasteiger partial charge in [0.05, 0.1) is 14.2 Å². The summed E-state index contributed by atoms with van der Waals surface area (Å²) in [6.45, 7) is 5.75. The Bertz CT molecular complexity index is 834. The van der Waals surface area contributed by atoms with E-state index in [9.17, 15) is 9.59 Å². The van der Waals surface area contributed by atoms with E-state index < -0.39 is 6.04 Å². The van der Waals surface area contributed by atoms with Gasteiger partial charge in [-0.1, -0.05) is 37.3 Å². The number of ether oxygens (including phenoxy) is 3. The summed E-state index contributed by atoms with van der Waals surface area (Å²) in [6, 6.07) is 14.0. The summed E-state index contributed by atoms with van der Waals surface area (Å²) in [5.41, 5.74) is 0.932. The van der Waals surface area contributed by atoms with Crippen LogP contribution in [0.25, 0.3) is 0 Å². The van der Waals surface area contributed by atoms with E-state index in [0.29, 0.717) is 23.8 Å². The van der Waals surface area contributed by atoms with Crippen molar-refractivity contribution in [3.8, 4) is 17.2 Å². The number of amides is 2. The smallest absolute Gasteiger partial charge is 0.261 e. The van der Waals surface area contributed by atoms with Gasteiger partial charge in [-0.25, -0.2) is 0 Å². The lowest BCUT2D eigenvalue weighted by Gasteiger charge is -2.29. The standard InChI is InChI=1S/C24H32N2O5/c1-6-17(2)25-24(28)18(3)26(15-19-10-8-7-9-11-19)23(27)16-31-22-13-20(29-4)12-21(14-22)30-5/h7-14,17-18H,6,15-16H2,1-5H3,(H,25,28)/t17-,18+/m1/s1. The van der Waals surface area contributed by atoms with Crippen molar-refractivity contribution < 1.29 is 23.8 Å². The van der Waals surface area contributed by atoms with Crippen molar-refractivity contribution in [2.45, 2.75) is 45.8 Å². The topological polar surface area (TPSA) is 77.1 Å². The van der Waals surface area contributed by atoms with Crippen molar-refractivity contribution >= 4 is 11.8 Å². The maximum atomic E-state index is 13.1. The van der Waals surface area contributed by atoms with E-state index in [1.807, 2.05) is 44.2 Å². The average Bonchev–Trinajstić information content (AvgIpc) is 2.80. The second kappa shape index (κ2) is 11.8. The van der Waals surface area contributed by atoms with Crippen LogP contribution in [0.5, 0.6) is 17.2 Å². The fourth-order valence-corrected chi connectivity index (χ4v) is 2.92. The SMILES string of the molecule is CC[C@@H](C)NC(=O)[C@H](C)N(Cc1ccccc1)C(=O)COc1cc(OC)cc(OC)c1. The number of carbonyl (C=O) groups excluding carboxylic acids is 2. The molecule has 2 amide bonds. The summed E-state index contributed by atoms with van der Waals surface area (Å²) in [7, 11) is 3.09. The molecule has 7 nitrogen and oxygen atoms in total. The fraction of sp³-hybridized carbons (Fsp3) is 0.417. The first-order valence-electron chi connectivity index (χ1n) is 10.4. The van der Waals surface area contributed by atoms with Gasteiger partial charge in [-0.15, -0.1) is 0 Å². The van der Waals surface area contributed by atoms with Crippen molar-refractivity contribution in [2.75, 3.05) is 20.8 Å². The molecule has 2 atom stereocenters. The molecule has 0 aliphatic rings. The Morgan fingerprint density at radius 3 is 2.10 bits per heavy atom. The van der Waals surface area contributed by atoms with Crippen LogP contribution in [0.3, 0.4) is 0 Å². The average molecular weight is 429 g/mol. The third kappa shape index (κ3) is 7.20. The first-order chi connectivity index (χ1) is 14.9. The lowest BCUT2D eigenvalue weighted by atomic mass is 10.1. The predicted octanol–water partition coefficient (Wildman–Crippen LogP) is 3.41. The van der Waals surface area contributed by atoms with Crippen LogP contribution in [0.4, 0.5) is 0 Å². The molecule has 168 valence electrons. The Kier molecular flexibility index (Phi) is 9.18. The number of hydrogen-bond donors (Lipinski definition) is 1. The molecule has 7 heteroatoms. The highest BCUT2D eigenvalue weighted by molar-refractivity contribution is 5.88. The van der Waals surface area contributed by atoms with Crippen LogP contribution in [0.15, 0.2) is 48.5 Å². The molecule has 0 heterocycles. The van der Waals surface area contributed by atoms with Crippen LogP contribution in [-0.2, 0) is 16.1 Å². The zero-order valence-corrected chi connectivity index (χ0v) is 18.9. The molecule has 0 saturated heterocycles. The number of carbonyl (C=O) groups is 2. The minimum atomic E-state index is -0.648. The molecular weight excluding hydrogens is 396 g/mol. The number of hydrogen-bond acceptors (Lipinski definition) is 5. The Balaban J connectivity index is 2.16. The largest absolute Gasteiger partial charge is 0.496 e. The number of methoxy groups -OCH3 is 2. The highest BCUT2D eigenvalue weighted by Crippen LogP contribution is 2.27. The van der Waals surface area contributed by atoms with Gasteiger partial charge < -0.3 is 24.4 Å². The summed E-state index contributed by atoms with van der Waals surface area (Å²) in [6.07, 6.45) is 0.811. The molecule has 0 aliphatic carbocycles. The van der Waals surface area contributed by atoms with Crippen LogP contribution in [-0.4, -0.2) is 49.6 Å². The summed E-state index contributed by atoms with van der Waals surface area (Å²) >= 11 is 0. The van der Waals surface area contributed by atoms with Gasteiger partial charge in [0.15, 0.2) is 6.61 Å². The Labute approximate surface area is 184 Å². The van der Waals surface area contributed by atoms with Gasteiger partial charge in [-0.05, 0) is 25.8 Å². The molecule has 2 rings (SSSR count). The first-order valence-corrected chi connectivity index (χ1v) is 10.4. The third-order valence-corrected chi connectivity index (χ3v) is 5.05. The van der Waals surface area contributed by atoms with Crippen LogP contribution in [0.1, 0.15) is 32.8 Å². The van der Waals surface area contributed by atoms with Crippen molar-refractivity contribution in [1.29, 1.82) is 0 Å². The van der Waals surface area contributed by atoms with Crippen LogP contribution < -0.4 is 19.5 Å². The van der Waals surface area contributed by atoms with Crippen LogP contribution >= 0.6 is 0 Å². The van der Waals surface area contributed by atoms with Gasteiger partial charge in [0.25, 0.3) is 5.91 Å². The molecule has 0 aliphatic heterocycles. The first kappa shape index (κ1) is 24.1. The third-order valence-electron chi connectivity index (χ3n) is 5.05. The Morgan fingerprint density at radius 2 is 1.55 bits per heavy atom. The van der Waals surface area contributed by atoms with E-state index in [1.165, 1.54) is 4.90 Å². The second-order valence-electron chi connectivity index (χ2n) is 7.34.